The van der Waals surface area contributed by atoms with Gasteiger partial charge < -0.3 is 9.84 Å². The van der Waals surface area contributed by atoms with Crippen LogP contribution in [0.5, 0.6) is 5.75 Å². The van der Waals surface area contributed by atoms with Crippen LogP contribution in [-0.2, 0) is 4.79 Å². The third-order valence-electron chi connectivity index (χ3n) is 2.19. The van der Waals surface area contributed by atoms with Gasteiger partial charge in [0.25, 0.3) is 0 Å². The first-order valence-electron chi connectivity index (χ1n) is 5.39. The van der Waals surface area contributed by atoms with Gasteiger partial charge in [0.15, 0.2) is 0 Å². The minimum absolute atomic E-state index is 0.178. The van der Waals surface area contributed by atoms with Crippen molar-refractivity contribution in [2.75, 3.05) is 6.61 Å². The lowest BCUT2D eigenvalue weighted by Crippen LogP contribution is -1.99. The first-order valence-corrected chi connectivity index (χ1v) is 5.77. The van der Waals surface area contributed by atoms with Crippen LogP contribution in [-0.4, -0.2) is 17.7 Å². The number of carbonyl (C=O) groups is 1. The molecule has 1 rings (SSSR count). The fourth-order valence-corrected chi connectivity index (χ4v) is 1.55. The Labute approximate surface area is 104 Å². The molecule has 0 aliphatic carbocycles. The second-order valence-electron chi connectivity index (χ2n) is 3.63. The second kappa shape index (κ2) is 7.12. The molecule has 5 heteroatoms. The van der Waals surface area contributed by atoms with E-state index in [9.17, 15) is 9.18 Å². The van der Waals surface area contributed by atoms with Crippen LogP contribution in [0.3, 0.4) is 0 Å². The summed E-state index contributed by atoms with van der Waals surface area (Å²) in [5, 5.41) is 8.67. The lowest BCUT2D eigenvalue weighted by molar-refractivity contribution is -0.137. The monoisotopic (exact) mass is 260 g/mol. The van der Waals surface area contributed by atoms with Crippen LogP contribution in [0.1, 0.15) is 25.7 Å². The number of aliphatic carboxylic acids is 1. The lowest BCUT2D eigenvalue weighted by atomic mass is 10.2. The Morgan fingerprint density at radius 3 is 2.76 bits per heavy atom. The number of rotatable bonds is 7. The molecule has 0 atom stereocenters. The molecule has 1 aromatic rings. The standard InChI is InChI=1S/C12H14ClFO3/c13-10-8-9(14)5-6-11(10)17-7-3-1-2-4-12(15)16/h5-6,8H,1-4,7H2,(H,15,16). The van der Waals surface area contributed by atoms with Crippen molar-refractivity contribution in [3.05, 3.63) is 29.0 Å². The smallest absolute Gasteiger partial charge is 0.303 e. The summed E-state index contributed by atoms with van der Waals surface area (Å²) in [5.74, 6) is -0.734. The van der Waals surface area contributed by atoms with E-state index in [1.54, 1.807) is 0 Å². The minimum Gasteiger partial charge on any atom is -0.492 e. The maximum absolute atomic E-state index is 12.7. The number of hydrogen-bond acceptors (Lipinski definition) is 2. The molecule has 0 heterocycles. The van der Waals surface area contributed by atoms with Crippen molar-refractivity contribution in [1.82, 2.24) is 0 Å². The predicted molar refractivity (Wildman–Crippen MR) is 63.0 cm³/mol. The number of halogens is 2. The summed E-state index contributed by atoms with van der Waals surface area (Å²) in [5.41, 5.74) is 0. The largest absolute Gasteiger partial charge is 0.492 e. The van der Waals surface area contributed by atoms with Crippen LogP contribution in [0.4, 0.5) is 4.39 Å². The first kappa shape index (κ1) is 13.8. The van der Waals surface area contributed by atoms with Crippen LogP contribution < -0.4 is 4.74 Å². The van der Waals surface area contributed by atoms with Gasteiger partial charge in [0.1, 0.15) is 11.6 Å². The van der Waals surface area contributed by atoms with Crippen LogP contribution in [0.15, 0.2) is 18.2 Å². The van der Waals surface area contributed by atoms with E-state index in [-0.39, 0.29) is 11.4 Å². The molecule has 0 fully saturated rings. The number of hydrogen-bond donors (Lipinski definition) is 1. The summed E-state index contributed by atoms with van der Waals surface area (Å²) >= 11 is 5.77. The Bertz CT molecular complexity index is 382. The highest BCUT2D eigenvalue weighted by Gasteiger charge is 2.03. The van der Waals surface area contributed by atoms with Gasteiger partial charge in [0, 0.05) is 6.42 Å². The molecule has 17 heavy (non-hydrogen) atoms. The SMILES string of the molecule is O=C(O)CCCCCOc1ccc(F)cc1Cl. The Hall–Kier alpha value is -1.29. The quantitative estimate of drug-likeness (QED) is 0.763. The molecule has 0 spiro atoms. The summed E-state index contributed by atoms with van der Waals surface area (Å²) in [6.45, 7) is 0.449. The summed E-state index contributed by atoms with van der Waals surface area (Å²) in [6, 6.07) is 3.96. The Balaban J connectivity index is 2.20. The fraction of sp³-hybridized carbons (Fsp3) is 0.417. The summed E-state index contributed by atoms with van der Waals surface area (Å²) < 4.78 is 18.1. The summed E-state index contributed by atoms with van der Waals surface area (Å²) in [6.07, 6.45) is 2.35. The highest BCUT2D eigenvalue weighted by Crippen LogP contribution is 2.24. The molecule has 0 unspecified atom stereocenters. The van der Waals surface area contributed by atoms with Crippen molar-refractivity contribution in [2.24, 2.45) is 0 Å². The molecular formula is C12H14ClFO3. The van der Waals surface area contributed by atoms with Crippen molar-refractivity contribution in [2.45, 2.75) is 25.7 Å². The van der Waals surface area contributed by atoms with Gasteiger partial charge in [-0.25, -0.2) is 4.39 Å². The number of ether oxygens (including phenoxy) is 1. The van der Waals surface area contributed by atoms with Gasteiger partial charge in [0.2, 0.25) is 0 Å². The highest BCUT2D eigenvalue weighted by atomic mass is 35.5. The van der Waals surface area contributed by atoms with E-state index >= 15 is 0 Å². The van der Waals surface area contributed by atoms with E-state index in [1.807, 2.05) is 0 Å². The molecule has 0 radical (unpaired) electrons. The van der Waals surface area contributed by atoms with Crippen molar-refractivity contribution < 1.29 is 19.0 Å². The van der Waals surface area contributed by atoms with Gasteiger partial charge in [-0.3, -0.25) is 4.79 Å². The zero-order valence-corrected chi connectivity index (χ0v) is 10.0. The number of unbranched alkanes of at least 4 members (excludes halogenated alkanes) is 2. The maximum Gasteiger partial charge on any atom is 0.303 e. The number of benzene rings is 1. The molecule has 0 bridgehead atoms. The molecule has 1 aromatic carbocycles. The molecule has 0 amide bonds. The summed E-state index contributed by atoms with van der Waals surface area (Å²) in [7, 11) is 0. The number of carboxylic acids is 1. The average Bonchev–Trinajstić information content (AvgIpc) is 2.25. The van der Waals surface area contributed by atoms with Crippen LogP contribution >= 0.6 is 11.6 Å². The predicted octanol–water partition coefficient (Wildman–Crippen LogP) is 3.50. The molecule has 1 N–H and O–H groups in total. The first-order chi connectivity index (χ1) is 8.09. The van der Waals surface area contributed by atoms with E-state index < -0.39 is 11.8 Å². The van der Waals surface area contributed by atoms with Gasteiger partial charge >= 0.3 is 5.97 Å². The second-order valence-corrected chi connectivity index (χ2v) is 4.03. The molecule has 3 nitrogen and oxygen atoms in total. The third kappa shape index (κ3) is 5.54. The Morgan fingerprint density at radius 1 is 1.35 bits per heavy atom. The average molecular weight is 261 g/mol. The molecule has 0 aliphatic heterocycles. The third-order valence-corrected chi connectivity index (χ3v) is 2.48. The molecule has 0 aliphatic rings. The van der Waals surface area contributed by atoms with E-state index in [1.165, 1.54) is 18.2 Å². The topological polar surface area (TPSA) is 46.5 Å². The van der Waals surface area contributed by atoms with Crippen molar-refractivity contribution in [3.8, 4) is 5.75 Å². The zero-order valence-electron chi connectivity index (χ0n) is 9.29. The normalized spacial score (nSPS) is 10.2. The maximum atomic E-state index is 12.7. The lowest BCUT2D eigenvalue weighted by Gasteiger charge is -2.07. The van der Waals surface area contributed by atoms with Gasteiger partial charge in [-0.2, -0.15) is 0 Å². The molecular weight excluding hydrogens is 247 g/mol. The minimum atomic E-state index is -0.785. The van der Waals surface area contributed by atoms with E-state index in [0.717, 1.165) is 12.8 Å². The summed E-state index contributed by atoms with van der Waals surface area (Å²) in [4.78, 5) is 10.2. The van der Waals surface area contributed by atoms with Gasteiger partial charge in [-0.15, -0.1) is 0 Å². The van der Waals surface area contributed by atoms with Crippen molar-refractivity contribution in [3.63, 3.8) is 0 Å². The zero-order chi connectivity index (χ0) is 12.7. The van der Waals surface area contributed by atoms with Crippen molar-refractivity contribution >= 4 is 17.6 Å². The highest BCUT2D eigenvalue weighted by molar-refractivity contribution is 6.32. The molecule has 0 saturated carbocycles. The number of carboxylic acid groups (broad SMARTS) is 1. The van der Waals surface area contributed by atoms with Gasteiger partial charge in [-0.05, 0) is 37.5 Å². The van der Waals surface area contributed by atoms with E-state index in [0.29, 0.717) is 18.8 Å². The van der Waals surface area contributed by atoms with Crippen LogP contribution in [0.2, 0.25) is 5.02 Å². The fourth-order valence-electron chi connectivity index (χ4n) is 1.33. The van der Waals surface area contributed by atoms with Crippen LogP contribution in [0.25, 0.3) is 0 Å². The molecule has 0 saturated heterocycles. The Kier molecular flexibility index (Phi) is 5.77. The van der Waals surface area contributed by atoms with Gasteiger partial charge in [-0.1, -0.05) is 11.6 Å². The Morgan fingerprint density at radius 2 is 2.12 bits per heavy atom. The molecule has 94 valence electrons. The van der Waals surface area contributed by atoms with Crippen molar-refractivity contribution in [1.29, 1.82) is 0 Å². The van der Waals surface area contributed by atoms with Gasteiger partial charge in [0.05, 0.1) is 11.6 Å². The molecule has 0 aromatic heterocycles. The van der Waals surface area contributed by atoms with Crippen LogP contribution in [0, 0.1) is 5.82 Å². The van der Waals surface area contributed by atoms with E-state index in [2.05, 4.69) is 0 Å². The van der Waals surface area contributed by atoms with E-state index in [4.69, 9.17) is 21.4 Å².